The normalized spacial score (nSPS) is 25.5. The van der Waals surface area contributed by atoms with Crippen LogP contribution in [0.5, 0.6) is 0 Å². The molecule has 0 aromatic heterocycles. The van der Waals surface area contributed by atoms with Crippen molar-refractivity contribution in [3.8, 4) is 0 Å². The Morgan fingerprint density at radius 1 is 1.43 bits per heavy atom. The highest BCUT2D eigenvalue weighted by Crippen LogP contribution is 2.39. The van der Waals surface area contributed by atoms with E-state index in [0.717, 1.165) is 50.3 Å². The molecule has 124 valence electrons. The lowest BCUT2D eigenvalue weighted by atomic mass is 9.85. The lowest BCUT2D eigenvalue weighted by Crippen LogP contribution is -2.55. The van der Waals surface area contributed by atoms with E-state index in [9.17, 15) is 4.79 Å². The highest BCUT2D eigenvalue weighted by molar-refractivity contribution is 7.99. The fourth-order valence-electron chi connectivity index (χ4n) is 3.22. The molecule has 21 heavy (non-hydrogen) atoms. The summed E-state index contributed by atoms with van der Waals surface area (Å²) >= 11 is 2.03. The molecule has 0 heterocycles. The van der Waals surface area contributed by atoms with Gasteiger partial charge in [-0.15, -0.1) is 0 Å². The van der Waals surface area contributed by atoms with Crippen LogP contribution in [0.3, 0.4) is 0 Å². The highest BCUT2D eigenvalue weighted by atomic mass is 32.2. The van der Waals surface area contributed by atoms with Gasteiger partial charge in [-0.05, 0) is 62.0 Å². The quantitative estimate of drug-likeness (QED) is 0.490. The van der Waals surface area contributed by atoms with E-state index in [2.05, 4.69) is 26.1 Å². The third kappa shape index (κ3) is 5.48. The van der Waals surface area contributed by atoms with E-state index in [1.54, 1.807) is 0 Å². The van der Waals surface area contributed by atoms with Crippen LogP contribution in [-0.4, -0.2) is 36.7 Å². The van der Waals surface area contributed by atoms with Crippen LogP contribution in [-0.2, 0) is 9.53 Å². The zero-order valence-corrected chi connectivity index (χ0v) is 15.1. The Kier molecular flexibility index (Phi) is 8.72. The van der Waals surface area contributed by atoms with Gasteiger partial charge in [-0.2, -0.15) is 11.8 Å². The van der Waals surface area contributed by atoms with Crippen molar-refractivity contribution < 1.29 is 9.53 Å². The van der Waals surface area contributed by atoms with Gasteiger partial charge in [-0.25, -0.2) is 0 Å². The summed E-state index contributed by atoms with van der Waals surface area (Å²) in [5.74, 6) is 3.56. The molecule has 1 saturated carbocycles. The molecule has 1 aliphatic rings. The molecule has 0 aromatic carbocycles. The predicted octanol–water partition coefficient (Wildman–Crippen LogP) is 3.87. The van der Waals surface area contributed by atoms with Crippen molar-refractivity contribution in [1.82, 2.24) is 5.32 Å². The van der Waals surface area contributed by atoms with Crippen LogP contribution in [0.25, 0.3) is 0 Å². The Labute approximate surface area is 135 Å². The molecule has 2 atom stereocenters. The monoisotopic (exact) mass is 315 g/mol. The van der Waals surface area contributed by atoms with Crippen LogP contribution in [0.4, 0.5) is 0 Å². The van der Waals surface area contributed by atoms with Gasteiger partial charge in [0.2, 0.25) is 0 Å². The molecule has 0 spiro atoms. The van der Waals surface area contributed by atoms with Crippen LogP contribution < -0.4 is 5.32 Å². The number of esters is 1. The molecule has 1 fully saturated rings. The average Bonchev–Trinajstić information content (AvgIpc) is 2.87. The number of carbonyl (C=O) groups is 1. The van der Waals surface area contributed by atoms with Gasteiger partial charge in [0.05, 0.1) is 7.11 Å². The minimum Gasteiger partial charge on any atom is -0.468 e. The Balaban J connectivity index is 2.50. The molecule has 3 nitrogen and oxygen atoms in total. The van der Waals surface area contributed by atoms with E-state index >= 15 is 0 Å². The maximum Gasteiger partial charge on any atom is 0.326 e. The molecule has 0 amide bonds. The van der Waals surface area contributed by atoms with E-state index in [1.807, 2.05) is 11.8 Å². The van der Waals surface area contributed by atoms with Crippen molar-refractivity contribution in [1.29, 1.82) is 0 Å². The number of hydrogen-bond acceptors (Lipinski definition) is 4. The first-order valence-corrected chi connectivity index (χ1v) is 9.63. The van der Waals surface area contributed by atoms with Gasteiger partial charge < -0.3 is 10.1 Å². The first kappa shape index (κ1) is 18.8. The summed E-state index contributed by atoms with van der Waals surface area (Å²) in [6.07, 6.45) is 6.67. The summed E-state index contributed by atoms with van der Waals surface area (Å²) < 4.78 is 5.12. The first-order valence-electron chi connectivity index (χ1n) is 8.48. The zero-order valence-electron chi connectivity index (χ0n) is 14.2. The second kappa shape index (κ2) is 9.73. The lowest BCUT2D eigenvalue weighted by Gasteiger charge is -2.34. The third-order valence-corrected chi connectivity index (χ3v) is 5.56. The number of ether oxygens (including phenoxy) is 1. The molecule has 1 rings (SSSR count). The van der Waals surface area contributed by atoms with Gasteiger partial charge in [0.1, 0.15) is 5.54 Å². The lowest BCUT2D eigenvalue weighted by molar-refractivity contribution is -0.150. The van der Waals surface area contributed by atoms with Crippen LogP contribution in [0, 0.1) is 11.8 Å². The van der Waals surface area contributed by atoms with Crippen molar-refractivity contribution in [2.24, 2.45) is 11.8 Å². The molecule has 0 saturated heterocycles. The standard InChI is InChI=1S/C17H33NO2S/c1-5-11-18-17(16(19)20-4)10-6-7-15(17)9-13-21-12-8-14(2)3/h14-15,18H,5-13H2,1-4H3. The van der Waals surface area contributed by atoms with Gasteiger partial charge in [-0.1, -0.05) is 27.2 Å². The Morgan fingerprint density at radius 3 is 2.81 bits per heavy atom. The molecular weight excluding hydrogens is 282 g/mol. The molecule has 1 aliphatic carbocycles. The van der Waals surface area contributed by atoms with E-state index in [1.165, 1.54) is 19.3 Å². The van der Waals surface area contributed by atoms with Crippen molar-refractivity contribution in [2.45, 2.75) is 64.8 Å². The molecule has 4 heteroatoms. The maximum atomic E-state index is 12.3. The number of rotatable bonds is 10. The molecule has 2 unspecified atom stereocenters. The summed E-state index contributed by atoms with van der Waals surface area (Å²) in [6.45, 7) is 7.58. The molecule has 0 radical (unpaired) electrons. The summed E-state index contributed by atoms with van der Waals surface area (Å²) in [6, 6.07) is 0. The summed E-state index contributed by atoms with van der Waals surface area (Å²) in [7, 11) is 1.52. The maximum absolute atomic E-state index is 12.3. The largest absolute Gasteiger partial charge is 0.468 e. The highest BCUT2D eigenvalue weighted by Gasteiger charge is 2.48. The fourth-order valence-corrected chi connectivity index (χ4v) is 4.51. The average molecular weight is 316 g/mol. The molecular formula is C17H33NO2S. The summed E-state index contributed by atoms with van der Waals surface area (Å²) in [4.78, 5) is 12.3. The van der Waals surface area contributed by atoms with Crippen molar-refractivity contribution in [2.75, 3.05) is 25.2 Å². The Hall–Kier alpha value is -0.220. The van der Waals surface area contributed by atoms with Crippen LogP contribution >= 0.6 is 11.8 Å². The van der Waals surface area contributed by atoms with Gasteiger partial charge >= 0.3 is 5.97 Å². The minimum absolute atomic E-state index is 0.0503. The van der Waals surface area contributed by atoms with Crippen LogP contribution in [0.2, 0.25) is 0 Å². The number of methoxy groups -OCH3 is 1. The third-order valence-electron chi connectivity index (χ3n) is 4.51. The van der Waals surface area contributed by atoms with Crippen LogP contribution in [0.1, 0.15) is 59.3 Å². The van der Waals surface area contributed by atoms with E-state index in [0.29, 0.717) is 5.92 Å². The van der Waals surface area contributed by atoms with Gasteiger partial charge in [-0.3, -0.25) is 4.79 Å². The van der Waals surface area contributed by atoms with E-state index < -0.39 is 5.54 Å². The van der Waals surface area contributed by atoms with Crippen molar-refractivity contribution in [3.63, 3.8) is 0 Å². The molecule has 0 aliphatic heterocycles. The van der Waals surface area contributed by atoms with E-state index in [-0.39, 0.29) is 5.97 Å². The second-order valence-corrected chi connectivity index (χ2v) is 7.79. The predicted molar refractivity (Wildman–Crippen MR) is 91.8 cm³/mol. The number of hydrogen-bond donors (Lipinski definition) is 1. The molecule has 0 aromatic rings. The van der Waals surface area contributed by atoms with E-state index in [4.69, 9.17) is 4.74 Å². The molecule has 1 N–H and O–H groups in total. The van der Waals surface area contributed by atoms with Gasteiger partial charge in [0, 0.05) is 0 Å². The van der Waals surface area contributed by atoms with Crippen LogP contribution in [0.15, 0.2) is 0 Å². The van der Waals surface area contributed by atoms with Gasteiger partial charge in [0.15, 0.2) is 0 Å². The first-order chi connectivity index (χ1) is 10.1. The second-order valence-electron chi connectivity index (χ2n) is 6.56. The smallest absolute Gasteiger partial charge is 0.326 e. The number of nitrogens with one attached hydrogen (secondary N) is 1. The number of carbonyl (C=O) groups excluding carboxylic acids is 1. The van der Waals surface area contributed by atoms with Crippen molar-refractivity contribution in [3.05, 3.63) is 0 Å². The topological polar surface area (TPSA) is 38.3 Å². The fraction of sp³-hybridized carbons (Fsp3) is 0.941. The number of thioether (sulfide) groups is 1. The molecule has 0 bridgehead atoms. The minimum atomic E-state index is -0.413. The summed E-state index contributed by atoms with van der Waals surface area (Å²) in [5, 5.41) is 3.52. The Bertz CT molecular complexity index is 309. The van der Waals surface area contributed by atoms with Crippen molar-refractivity contribution >= 4 is 17.7 Å². The SMILES string of the molecule is CCCNC1(C(=O)OC)CCCC1CCSCCC(C)C. The van der Waals surface area contributed by atoms with Gasteiger partial charge in [0.25, 0.3) is 0 Å². The zero-order chi connectivity index (χ0) is 15.7. The summed E-state index contributed by atoms with van der Waals surface area (Å²) in [5.41, 5.74) is -0.413. The Morgan fingerprint density at radius 2 is 2.19 bits per heavy atom.